The van der Waals surface area contributed by atoms with Gasteiger partial charge in [-0.25, -0.2) is 4.79 Å². The number of hydrogen-bond donors (Lipinski definition) is 3. The number of aliphatic hydroxyl groups is 2. The van der Waals surface area contributed by atoms with E-state index in [4.69, 9.17) is 9.84 Å². The molecular weight excluding hydrogens is 320 g/mol. The molecule has 3 N–H and O–H groups in total. The van der Waals surface area contributed by atoms with Gasteiger partial charge >= 0.3 is 5.69 Å². The highest BCUT2D eigenvalue weighted by atomic mass is 79.9. The van der Waals surface area contributed by atoms with Gasteiger partial charge in [0, 0.05) is 12.3 Å². The number of aliphatic hydroxyl groups excluding tert-OH is 2. The molecule has 0 unspecified atom stereocenters. The molecule has 1 aromatic heterocycles. The second kappa shape index (κ2) is 5.04. The van der Waals surface area contributed by atoms with Gasteiger partial charge in [0.15, 0.2) is 0 Å². The number of rotatable bonds is 3. The van der Waals surface area contributed by atoms with Crippen LogP contribution in [0.25, 0.3) is 0 Å². The maximum Gasteiger partial charge on any atom is 0.331 e. The molecule has 0 bridgehead atoms. The first kappa shape index (κ1) is 14.2. The monoisotopic (exact) mass is 332 g/mol. The van der Waals surface area contributed by atoms with Crippen LogP contribution in [0.2, 0.25) is 0 Å². The van der Waals surface area contributed by atoms with Gasteiger partial charge in [0.05, 0.1) is 18.6 Å². The van der Waals surface area contributed by atoms with Crippen LogP contribution in [-0.2, 0) is 9.37 Å². The Kier molecular flexibility index (Phi) is 3.77. The van der Waals surface area contributed by atoms with Crippen molar-refractivity contribution in [2.45, 2.75) is 16.8 Å². The van der Waals surface area contributed by atoms with Gasteiger partial charge < -0.3 is 14.9 Å². The van der Waals surface area contributed by atoms with Crippen LogP contribution in [0.3, 0.4) is 0 Å². The molecule has 1 aliphatic rings. The summed E-state index contributed by atoms with van der Waals surface area (Å²) in [6, 6.07) is 1.16. The summed E-state index contributed by atoms with van der Waals surface area (Å²) in [5, 5.41) is 19.2. The third-order valence-corrected chi connectivity index (χ3v) is 4.16. The smallest absolute Gasteiger partial charge is 0.331 e. The van der Waals surface area contributed by atoms with Crippen LogP contribution in [0.1, 0.15) is 0 Å². The number of nitrogens with one attached hydrogen (secondary N) is 1. The number of H-pyrrole nitrogens is 1. The standard InChI is InChI=1S/C11H13BrN2O5/c1-2-6-9(17)7(5-15)19-11(6,12)14-4-3-8(16)13-10(14)18/h2-4,6-7,9,15,17H,1,5H2,(H,13,16,18)/t6-,7-,9+,11+/m1/s1. The normalized spacial score (nSPS) is 34.4. The Morgan fingerprint density at radius 3 is 2.84 bits per heavy atom. The third-order valence-electron chi connectivity index (χ3n) is 3.06. The molecule has 8 heteroatoms. The van der Waals surface area contributed by atoms with Gasteiger partial charge in [0.2, 0.25) is 4.63 Å². The average Bonchev–Trinajstić information content (AvgIpc) is 2.60. The molecule has 0 radical (unpaired) electrons. The first-order valence-corrected chi connectivity index (χ1v) is 6.34. The lowest BCUT2D eigenvalue weighted by Gasteiger charge is -2.28. The predicted octanol–water partition coefficient (Wildman–Crippen LogP) is -0.904. The summed E-state index contributed by atoms with van der Waals surface area (Å²) in [5.74, 6) is -0.673. The van der Waals surface area contributed by atoms with E-state index in [0.717, 1.165) is 10.6 Å². The van der Waals surface area contributed by atoms with Gasteiger partial charge in [0.25, 0.3) is 5.56 Å². The minimum absolute atomic E-state index is 0.406. The largest absolute Gasteiger partial charge is 0.394 e. The third kappa shape index (κ3) is 2.20. The molecule has 0 aromatic carbocycles. The van der Waals surface area contributed by atoms with E-state index in [1.807, 2.05) is 0 Å². The summed E-state index contributed by atoms with van der Waals surface area (Å²) in [7, 11) is 0. The summed E-state index contributed by atoms with van der Waals surface area (Å²) in [6.07, 6.45) is 0.785. The van der Waals surface area contributed by atoms with E-state index >= 15 is 0 Å². The lowest BCUT2D eigenvalue weighted by Crippen LogP contribution is -2.43. The topological polar surface area (TPSA) is 105 Å². The van der Waals surface area contributed by atoms with Crippen molar-refractivity contribution in [3.63, 3.8) is 0 Å². The SMILES string of the molecule is C=C[C@@H]1[C@H](O)[C@@H](CO)O[C@@]1(Br)n1ccc(=O)[nH]c1=O. The van der Waals surface area contributed by atoms with Crippen LogP contribution in [0.15, 0.2) is 34.5 Å². The Labute approximate surface area is 116 Å². The van der Waals surface area contributed by atoms with E-state index in [1.54, 1.807) is 0 Å². The van der Waals surface area contributed by atoms with E-state index in [0.29, 0.717) is 0 Å². The van der Waals surface area contributed by atoms with Gasteiger partial charge in [0.1, 0.15) is 6.10 Å². The summed E-state index contributed by atoms with van der Waals surface area (Å²) in [4.78, 5) is 25.0. The molecule has 4 atom stereocenters. The summed E-state index contributed by atoms with van der Waals surface area (Å²) >= 11 is 3.25. The molecule has 1 fully saturated rings. The highest BCUT2D eigenvalue weighted by molar-refractivity contribution is 9.09. The number of ether oxygens (including phenoxy) is 1. The van der Waals surface area contributed by atoms with E-state index in [2.05, 4.69) is 27.5 Å². The van der Waals surface area contributed by atoms with Crippen LogP contribution in [0, 0.1) is 5.92 Å². The first-order chi connectivity index (χ1) is 8.93. The maximum atomic E-state index is 11.8. The minimum Gasteiger partial charge on any atom is -0.394 e. The second-order valence-corrected chi connectivity index (χ2v) is 5.32. The number of halogens is 1. The van der Waals surface area contributed by atoms with Gasteiger partial charge in [-0.2, -0.15) is 0 Å². The van der Waals surface area contributed by atoms with E-state index in [-0.39, 0.29) is 0 Å². The molecule has 0 saturated carbocycles. The molecule has 0 amide bonds. The molecule has 0 spiro atoms. The van der Waals surface area contributed by atoms with Gasteiger partial charge in [-0.05, 0) is 15.9 Å². The van der Waals surface area contributed by atoms with Crippen LogP contribution in [-0.4, -0.2) is 38.6 Å². The summed E-state index contributed by atoms with van der Waals surface area (Å²) < 4.78 is 5.20. The molecule has 7 nitrogen and oxygen atoms in total. The van der Waals surface area contributed by atoms with Crippen LogP contribution in [0.4, 0.5) is 0 Å². The molecule has 1 aliphatic heterocycles. The Bertz CT molecular complexity index is 597. The van der Waals surface area contributed by atoms with Crippen molar-refractivity contribution in [3.8, 4) is 0 Å². The average molecular weight is 333 g/mol. The van der Waals surface area contributed by atoms with Gasteiger partial charge in [-0.3, -0.25) is 14.3 Å². The predicted molar refractivity (Wildman–Crippen MR) is 69.9 cm³/mol. The molecule has 19 heavy (non-hydrogen) atoms. The fourth-order valence-corrected chi connectivity index (χ4v) is 3.08. The molecule has 1 saturated heterocycles. The minimum atomic E-state index is -1.40. The number of aromatic amines is 1. The number of alkyl halides is 1. The van der Waals surface area contributed by atoms with Crippen LogP contribution < -0.4 is 11.2 Å². The van der Waals surface area contributed by atoms with Crippen molar-refractivity contribution in [2.75, 3.05) is 6.61 Å². The maximum absolute atomic E-state index is 11.8. The summed E-state index contributed by atoms with van der Waals surface area (Å²) in [6.45, 7) is 3.19. The number of aromatic nitrogens is 2. The quantitative estimate of drug-likeness (QED) is 0.491. The molecular formula is C11H13BrN2O5. The summed E-state index contributed by atoms with van der Waals surface area (Å²) in [5.41, 5.74) is -1.23. The van der Waals surface area contributed by atoms with Crippen molar-refractivity contribution in [1.82, 2.24) is 9.55 Å². The Morgan fingerprint density at radius 1 is 1.63 bits per heavy atom. The Balaban J connectivity index is 2.55. The number of nitrogens with zero attached hydrogens (tertiary/aromatic N) is 1. The lowest BCUT2D eigenvalue weighted by molar-refractivity contribution is -0.0634. The highest BCUT2D eigenvalue weighted by Gasteiger charge is 2.53. The molecule has 0 aliphatic carbocycles. The zero-order chi connectivity index (χ0) is 14.2. The van der Waals surface area contributed by atoms with Gasteiger partial charge in [-0.15, -0.1) is 6.58 Å². The Morgan fingerprint density at radius 2 is 2.32 bits per heavy atom. The zero-order valence-electron chi connectivity index (χ0n) is 9.82. The fraction of sp³-hybridized carbons (Fsp3) is 0.455. The Hall–Kier alpha value is -1.22. The van der Waals surface area contributed by atoms with Crippen molar-refractivity contribution in [1.29, 1.82) is 0 Å². The van der Waals surface area contributed by atoms with Gasteiger partial charge in [-0.1, -0.05) is 6.08 Å². The molecule has 2 rings (SSSR count). The molecule has 2 heterocycles. The van der Waals surface area contributed by atoms with Crippen molar-refractivity contribution >= 4 is 15.9 Å². The van der Waals surface area contributed by atoms with Crippen molar-refractivity contribution < 1.29 is 14.9 Å². The second-order valence-electron chi connectivity index (χ2n) is 4.18. The fourth-order valence-electron chi connectivity index (χ4n) is 2.11. The van der Waals surface area contributed by atoms with Crippen LogP contribution >= 0.6 is 15.9 Å². The lowest BCUT2D eigenvalue weighted by atomic mass is 10.00. The number of hydrogen-bond acceptors (Lipinski definition) is 5. The van der Waals surface area contributed by atoms with E-state index in [9.17, 15) is 14.7 Å². The zero-order valence-corrected chi connectivity index (χ0v) is 11.4. The van der Waals surface area contributed by atoms with E-state index in [1.165, 1.54) is 12.3 Å². The van der Waals surface area contributed by atoms with Crippen molar-refractivity contribution in [2.24, 2.45) is 5.92 Å². The van der Waals surface area contributed by atoms with E-state index < -0.39 is 40.6 Å². The molecule has 1 aromatic rings. The van der Waals surface area contributed by atoms with Crippen molar-refractivity contribution in [3.05, 3.63) is 45.8 Å². The highest BCUT2D eigenvalue weighted by Crippen LogP contribution is 2.44. The first-order valence-electron chi connectivity index (χ1n) is 5.54. The van der Waals surface area contributed by atoms with Crippen LogP contribution in [0.5, 0.6) is 0 Å². The molecule has 104 valence electrons.